The molecule has 4 aromatic rings. The van der Waals surface area contributed by atoms with Gasteiger partial charge in [-0.25, -0.2) is 10.4 Å². The number of carbonyl (C=O) groups is 1. The fourth-order valence-electron chi connectivity index (χ4n) is 3.11. The zero-order chi connectivity index (χ0) is 23.2. The Morgan fingerprint density at radius 3 is 2.55 bits per heavy atom. The number of rotatable bonds is 7. The number of nitrogens with zero attached hydrogens (tertiary/aromatic N) is 4. The Balaban J connectivity index is 1.54. The third-order valence-electron chi connectivity index (χ3n) is 4.62. The minimum absolute atomic E-state index is 0.0637. The van der Waals surface area contributed by atoms with Crippen LogP contribution < -0.4 is 11.0 Å². The van der Waals surface area contributed by atoms with Crippen molar-refractivity contribution in [2.45, 2.75) is 5.16 Å². The number of thioether (sulfide) groups is 1. The monoisotopic (exact) mass is 459 g/mol. The number of para-hydroxylation sites is 3. The zero-order valence-corrected chi connectivity index (χ0v) is 17.9. The Morgan fingerprint density at radius 2 is 1.76 bits per heavy atom. The van der Waals surface area contributed by atoms with Crippen LogP contribution in [0, 0.1) is 10.1 Å². The first-order valence-corrected chi connectivity index (χ1v) is 10.8. The molecule has 0 fully saturated rings. The van der Waals surface area contributed by atoms with Gasteiger partial charge in [-0.3, -0.25) is 24.3 Å². The number of nitro benzene ring substituents is 1. The van der Waals surface area contributed by atoms with Crippen molar-refractivity contribution < 1.29 is 9.72 Å². The molecule has 0 radical (unpaired) electrons. The fourth-order valence-corrected chi connectivity index (χ4v) is 3.92. The highest BCUT2D eigenvalue weighted by Gasteiger charge is 2.15. The van der Waals surface area contributed by atoms with Gasteiger partial charge in [0.05, 0.1) is 39.0 Å². The SMILES string of the molecule is O=C(CSc1nc2ccccc2c(=O)n1-c1ccccc1)N/N=C\c1ccccc1[N+](=O)[O-]. The third kappa shape index (κ3) is 4.96. The second-order valence-electron chi connectivity index (χ2n) is 6.79. The lowest BCUT2D eigenvalue weighted by molar-refractivity contribution is -0.385. The van der Waals surface area contributed by atoms with Crippen molar-refractivity contribution in [1.82, 2.24) is 15.0 Å². The van der Waals surface area contributed by atoms with E-state index in [1.54, 1.807) is 48.5 Å². The van der Waals surface area contributed by atoms with E-state index < -0.39 is 10.8 Å². The van der Waals surface area contributed by atoms with Crippen LogP contribution in [-0.2, 0) is 4.79 Å². The summed E-state index contributed by atoms with van der Waals surface area (Å²) in [4.78, 5) is 40.6. The average Bonchev–Trinajstić information content (AvgIpc) is 2.83. The Kier molecular flexibility index (Phi) is 6.56. The van der Waals surface area contributed by atoms with Gasteiger partial charge in [-0.1, -0.05) is 54.2 Å². The Labute approximate surface area is 191 Å². The maximum absolute atomic E-state index is 13.1. The molecule has 0 atom stereocenters. The quantitative estimate of drug-likeness (QED) is 0.148. The summed E-state index contributed by atoms with van der Waals surface area (Å²) in [6.07, 6.45) is 1.22. The smallest absolute Gasteiger partial charge is 0.272 e. The molecule has 9 nitrogen and oxygen atoms in total. The van der Waals surface area contributed by atoms with Crippen molar-refractivity contribution in [2.75, 3.05) is 5.75 Å². The van der Waals surface area contributed by atoms with E-state index in [-0.39, 0.29) is 22.6 Å². The number of nitrogens with one attached hydrogen (secondary N) is 1. The second-order valence-corrected chi connectivity index (χ2v) is 7.73. The summed E-state index contributed by atoms with van der Waals surface area (Å²) in [6.45, 7) is 0. The van der Waals surface area contributed by atoms with Crippen molar-refractivity contribution >= 4 is 40.5 Å². The first kappa shape index (κ1) is 21.9. The van der Waals surface area contributed by atoms with Crippen LogP contribution in [0.25, 0.3) is 16.6 Å². The van der Waals surface area contributed by atoms with Crippen molar-refractivity contribution in [1.29, 1.82) is 0 Å². The van der Waals surface area contributed by atoms with Gasteiger partial charge in [0.2, 0.25) is 0 Å². The average molecular weight is 459 g/mol. The molecule has 0 spiro atoms. The van der Waals surface area contributed by atoms with Gasteiger partial charge in [0.1, 0.15) is 0 Å². The van der Waals surface area contributed by atoms with Gasteiger partial charge >= 0.3 is 0 Å². The summed E-state index contributed by atoms with van der Waals surface area (Å²) in [6, 6.07) is 22.1. The molecular formula is C23H17N5O4S. The van der Waals surface area contributed by atoms with Gasteiger partial charge < -0.3 is 0 Å². The molecule has 1 heterocycles. The molecule has 0 unspecified atom stereocenters. The molecule has 0 saturated heterocycles. The lowest BCUT2D eigenvalue weighted by Crippen LogP contribution is -2.24. The number of aromatic nitrogens is 2. The molecule has 0 saturated carbocycles. The van der Waals surface area contributed by atoms with Crippen LogP contribution >= 0.6 is 11.8 Å². The van der Waals surface area contributed by atoms with Gasteiger partial charge in [0.25, 0.3) is 17.2 Å². The minimum Gasteiger partial charge on any atom is -0.272 e. The summed E-state index contributed by atoms with van der Waals surface area (Å²) < 4.78 is 1.47. The Morgan fingerprint density at radius 1 is 1.06 bits per heavy atom. The van der Waals surface area contributed by atoms with Crippen LogP contribution in [0.4, 0.5) is 5.69 Å². The lowest BCUT2D eigenvalue weighted by atomic mass is 10.2. The molecule has 1 N–H and O–H groups in total. The number of carbonyl (C=O) groups excluding carboxylic acids is 1. The van der Waals surface area contributed by atoms with Gasteiger partial charge in [0, 0.05) is 6.07 Å². The zero-order valence-electron chi connectivity index (χ0n) is 17.1. The largest absolute Gasteiger partial charge is 0.278 e. The molecule has 1 amide bonds. The number of amides is 1. The highest BCUT2D eigenvalue weighted by atomic mass is 32.2. The Hall–Kier alpha value is -4.31. The van der Waals surface area contributed by atoms with E-state index in [2.05, 4.69) is 15.5 Å². The molecule has 164 valence electrons. The molecule has 0 aliphatic heterocycles. The summed E-state index contributed by atoms with van der Waals surface area (Å²) in [5, 5.41) is 15.7. The summed E-state index contributed by atoms with van der Waals surface area (Å²) >= 11 is 1.09. The molecule has 10 heteroatoms. The number of hydrogen-bond acceptors (Lipinski definition) is 7. The summed E-state index contributed by atoms with van der Waals surface area (Å²) in [5.74, 6) is -0.511. The summed E-state index contributed by atoms with van der Waals surface area (Å²) in [5.41, 5.74) is 3.44. The van der Waals surface area contributed by atoms with Crippen LogP contribution in [-0.4, -0.2) is 32.3 Å². The minimum atomic E-state index is -0.521. The van der Waals surface area contributed by atoms with Crippen LogP contribution in [0.5, 0.6) is 0 Å². The van der Waals surface area contributed by atoms with E-state index in [1.165, 1.54) is 22.9 Å². The van der Waals surface area contributed by atoms with Crippen molar-refractivity contribution in [2.24, 2.45) is 5.10 Å². The molecule has 0 aliphatic carbocycles. The number of hydrogen-bond donors (Lipinski definition) is 1. The van der Waals surface area contributed by atoms with Gasteiger partial charge in [-0.15, -0.1) is 0 Å². The molecule has 0 bridgehead atoms. The maximum atomic E-state index is 13.1. The normalized spacial score (nSPS) is 11.0. The molecule has 4 rings (SSSR count). The van der Waals surface area contributed by atoms with Gasteiger partial charge in [0.15, 0.2) is 5.16 Å². The van der Waals surface area contributed by atoms with Gasteiger partial charge in [-0.05, 0) is 30.3 Å². The number of hydrazone groups is 1. The fraction of sp³-hybridized carbons (Fsp3) is 0.0435. The van der Waals surface area contributed by atoms with E-state index in [0.717, 1.165) is 11.8 Å². The maximum Gasteiger partial charge on any atom is 0.278 e. The van der Waals surface area contributed by atoms with Crippen LogP contribution in [0.3, 0.4) is 0 Å². The third-order valence-corrected chi connectivity index (χ3v) is 5.56. The standard InChI is InChI=1S/C23H17N5O4S/c29-21(26-24-14-16-8-4-7-13-20(16)28(31)32)15-33-23-25-19-12-6-5-11-18(19)22(30)27(23)17-9-2-1-3-10-17/h1-14H,15H2,(H,26,29)/b24-14-. The van der Waals surface area contributed by atoms with E-state index in [4.69, 9.17) is 0 Å². The van der Waals surface area contributed by atoms with E-state index >= 15 is 0 Å². The molecule has 0 aliphatic rings. The van der Waals surface area contributed by atoms with Crippen LogP contribution in [0.1, 0.15) is 5.56 Å². The summed E-state index contributed by atoms with van der Waals surface area (Å²) in [7, 11) is 0. The van der Waals surface area contributed by atoms with E-state index in [1.807, 2.05) is 18.2 Å². The molecule has 33 heavy (non-hydrogen) atoms. The van der Waals surface area contributed by atoms with Crippen molar-refractivity contribution in [3.05, 3.63) is 105 Å². The number of nitro groups is 1. The van der Waals surface area contributed by atoms with Crippen molar-refractivity contribution in [3.8, 4) is 5.69 Å². The molecular weight excluding hydrogens is 442 g/mol. The highest BCUT2D eigenvalue weighted by Crippen LogP contribution is 2.21. The molecule has 3 aromatic carbocycles. The van der Waals surface area contributed by atoms with E-state index in [9.17, 15) is 19.7 Å². The van der Waals surface area contributed by atoms with Crippen LogP contribution in [0.15, 0.2) is 93.9 Å². The van der Waals surface area contributed by atoms with Crippen molar-refractivity contribution in [3.63, 3.8) is 0 Å². The highest BCUT2D eigenvalue weighted by molar-refractivity contribution is 7.99. The van der Waals surface area contributed by atoms with Crippen LogP contribution in [0.2, 0.25) is 0 Å². The van der Waals surface area contributed by atoms with E-state index in [0.29, 0.717) is 21.7 Å². The second kappa shape index (κ2) is 9.88. The molecule has 1 aromatic heterocycles. The predicted molar refractivity (Wildman–Crippen MR) is 127 cm³/mol. The topological polar surface area (TPSA) is 119 Å². The van der Waals surface area contributed by atoms with Gasteiger partial charge in [-0.2, -0.15) is 5.10 Å². The first-order valence-electron chi connectivity index (χ1n) is 9.80. The number of fused-ring (bicyclic) bond motifs is 1. The Bertz CT molecular complexity index is 1420. The first-order chi connectivity index (χ1) is 16.0. The lowest BCUT2D eigenvalue weighted by Gasteiger charge is -2.12. The number of benzene rings is 3. The predicted octanol–water partition coefficient (Wildman–Crippen LogP) is 3.54.